The molecule has 5 nitrogen and oxygen atoms in total. The number of anilines is 1. The summed E-state index contributed by atoms with van der Waals surface area (Å²) in [7, 11) is 0. The number of benzene rings is 3. The molecule has 0 saturated heterocycles. The lowest BCUT2D eigenvalue weighted by Gasteiger charge is -2.07. The molecular weight excluding hydrogens is 367 g/mol. The number of aryl methyl sites for hydroxylation is 2. The predicted molar refractivity (Wildman–Crippen MR) is 111 cm³/mol. The molecule has 0 fully saturated rings. The second-order valence-electron chi connectivity index (χ2n) is 6.79. The summed E-state index contributed by atoms with van der Waals surface area (Å²) in [4.78, 5) is 17.3. The smallest absolute Gasteiger partial charge is 0.295 e. The summed E-state index contributed by atoms with van der Waals surface area (Å²) < 4.78 is 15.0. The number of aromatic nitrogens is 3. The maximum Gasteiger partial charge on any atom is 0.295 e. The first-order valence-electron chi connectivity index (χ1n) is 9.18. The molecule has 1 aromatic heterocycles. The average molecular weight is 386 g/mol. The van der Waals surface area contributed by atoms with Crippen molar-refractivity contribution < 1.29 is 9.18 Å². The number of nitrogens with zero attached hydrogens (tertiary/aromatic N) is 3. The van der Waals surface area contributed by atoms with Crippen molar-refractivity contribution in [2.75, 3.05) is 5.32 Å². The SMILES string of the molecule is Cc1cccc(-n2nc(C(=O)Nc3ccccc3C)nc2-c2ccc(F)cc2)c1. The van der Waals surface area contributed by atoms with E-state index in [2.05, 4.69) is 15.4 Å². The van der Waals surface area contributed by atoms with Gasteiger partial charge in [-0.3, -0.25) is 4.79 Å². The van der Waals surface area contributed by atoms with Crippen LogP contribution in [-0.4, -0.2) is 20.7 Å². The summed E-state index contributed by atoms with van der Waals surface area (Å²) in [6, 6.07) is 21.2. The first kappa shape index (κ1) is 18.6. The van der Waals surface area contributed by atoms with Crippen LogP contribution in [0, 0.1) is 19.7 Å². The minimum atomic E-state index is -0.408. The summed E-state index contributed by atoms with van der Waals surface area (Å²) in [5.41, 5.74) is 4.13. The Morgan fingerprint density at radius 3 is 2.45 bits per heavy atom. The third-order valence-corrected chi connectivity index (χ3v) is 4.55. The molecule has 0 saturated carbocycles. The van der Waals surface area contributed by atoms with E-state index < -0.39 is 5.91 Å². The maximum absolute atomic E-state index is 13.4. The van der Waals surface area contributed by atoms with E-state index in [-0.39, 0.29) is 11.6 Å². The second-order valence-corrected chi connectivity index (χ2v) is 6.79. The van der Waals surface area contributed by atoms with E-state index in [0.29, 0.717) is 17.1 Å². The fraction of sp³-hybridized carbons (Fsp3) is 0.0870. The van der Waals surface area contributed by atoms with Gasteiger partial charge in [-0.15, -0.1) is 5.10 Å². The molecule has 1 N–H and O–H groups in total. The van der Waals surface area contributed by atoms with Gasteiger partial charge in [0.1, 0.15) is 5.82 Å². The lowest BCUT2D eigenvalue weighted by atomic mass is 10.2. The van der Waals surface area contributed by atoms with E-state index in [4.69, 9.17) is 0 Å². The molecule has 0 atom stereocenters. The highest BCUT2D eigenvalue weighted by atomic mass is 19.1. The number of hydrogen-bond donors (Lipinski definition) is 1. The van der Waals surface area contributed by atoms with Gasteiger partial charge in [0.25, 0.3) is 5.91 Å². The van der Waals surface area contributed by atoms with Crippen molar-refractivity contribution in [1.29, 1.82) is 0 Å². The molecule has 4 rings (SSSR count). The number of para-hydroxylation sites is 1. The molecule has 144 valence electrons. The lowest BCUT2D eigenvalue weighted by molar-refractivity contribution is 0.101. The van der Waals surface area contributed by atoms with Crippen LogP contribution in [0.25, 0.3) is 17.1 Å². The van der Waals surface area contributed by atoms with Crippen molar-refractivity contribution in [3.05, 3.63) is 95.6 Å². The van der Waals surface area contributed by atoms with Crippen molar-refractivity contribution in [3.63, 3.8) is 0 Å². The first-order valence-corrected chi connectivity index (χ1v) is 9.18. The van der Waals surface area contributed by atoms with Crippen molar-refractivity contribution in [3.8, 4) is 17.1 Å². The quantitative estimate of drug-likeness (QED) is 0.540. The monoisotopic (exact) mass is 386 g/mol. The third kappa shape index (κ3) is 3.91. The van der Waals surface area contributed by atoms with Crippen LogP contribution >= 0.6 is 0 Å². The molecule has 6 heteroatoms. The molecule has 0 aliphatic rings. The largest absolute Gasteiger partial charge is 0.319 e. The van der Waals surface area contributed by atoms with Gasteiger partial charge in [-0.1, -0.05) is 30.3 Å². The molecule has 0 bridgehead atoms. The van der Waals surface area contributed by atoms with Gasteiger partial charge in [-0.25, -0.2) is 14.1 Å². The topological polar surface area (TPSA) is 59.8 Å². The van der Waals surface area contributed by atoms with E-state index in [0.717, 1.165) is 16.8 Å². The Labute approximate surface area is 167 Å². The van der Waals surface area contributed by atoms with Crippen LogP contribution in [0.4, 0.5) is 10.1 Å². The number of carbonyl (C=O) groups excluding carboxylic acids is 1. The van der Waals surface area contributed by atoms with Crippen LogP contribution in [-0.2, 0) is 0 Å². The maximum atomic E-state index is 13.4. The number of nitrogens with one attached hydrogen (secondary N) is 1. The first-order chi connectivity index (χ1) is 14.0. The van der Waals surface area contributed by atoms with Gasteiger partial charge in [0.2, 0.25) is 5.82 Å². The van der Waals surface area contributed by atoms with Crippen molar-refractivity contribution in [1.82, 2.24) is 14.8 Å². The molecule has 0 aliphatic heterocycles. The zero-order chi connectivity index (χ0) is 20.4. The van der Waals surface area contributed by atoms with Gasteiger partial charge < -0.3 is 5.32 Å². The van der Waals surface area contributed by atoms with Gasteiger partial charge in [0.15, 0.2) is 5.82 Å². The molecule has 3 aromatic carbocycles. The van der Waals surface area contributed by atoms with E-state index in [9.17, 15) is 9.18 Å². The number of rotatable bonds is 4. The Balaban J connectivity index is 1.78. The van der Waals surface area contributed by atoms with Crippen LogP contribution in [0.15, 0.2) is 72.8 Å². The number of hydrogen-bond acceptors (Lipinski definition) is 3. The van der Waals surface area contributed by atoms with Gasteiger partial charge in [0, 0.05) is 11.3 Å². The summed E-state index contributed by atoms with van der Waals surface area (Å²) in [5, 5.41) is 7.30. The minimum Gasteiger partial charge on any atom is -0.319 e. The Morgan fingerprint density at radius 1 is 0.966 bits per heavy atom. The highest BCUT2D eigenvalue weighted by molar-refractivity contribution is 6.02. The average Bonchev–Trinajstić information content (AvgIpc) is 3.16. The van der Waals surface area contributed by atoms with Crippen LogP contribution in [0.1, 0.15) is 21.7 Å². The lowest BCUT2D eigenvalue weighted by Crippen LogP contribution is -2.15. The van der Waals surface area contributed by atoms with E-state index >= 15 is 0 Å². The van der Waals surface area contributed by atoms with E-state index in [1.165, 1.54) is 12.1 Å². The van der Waals surface area contributed by atoms with Gasteiger partial charge >= 0.3 is 0 Å². The van der Waals surface area contributed by atoms with Crippen LogP contribution < -0.4 is 5.32 Å². The Bertz CT molecular complexity index is 1180. The highest BCUT2D eigenvalue weighted by Gasteiger charge is 2.19. The van der Waals surface area contributed by atoms with Crippen molar-refractivity contribution in [2.24, 2.45) is 0 Å². The summed E-state index contributed by atoms with van der Waals surface area (Å²) in [5.74, 6) is -0.249. The van der Waals surface area contributed by atoms with Crippen LogP contribution in [0.5, 0.6) is 0 Å². The molecule has 0 spiro atoms. The Morgan fingerprint density at radius 2 is 1.72 bits per heavy atom. The predicted octanol–water partition coefficient (Wildman–Crippen LogP) is 4.94. The van der Waals surface area contributed by atoms with Crippen LogP contribution in [0.3, 0.4) is 0 Å². The number of halogens is 1. The number of amides is 1. The number of carbonyl (C=O) groups is 1. The molecule has 0 unspecified atom stereocenters. The second kappa shape index (κ2) is 7.67. The van der Waals surface area contributed by atoms with E-state index in [1.807, 2.05) is 62.4 Å². The van der Waals surface area contributed by atoms with Gasteiger partial charge in [0.05, 0.1) is 5.69 Å². The highest BCUT2D eigenvalue weighted by Crippen LogP contribution is 2.23. The Hall–Kier alpha value is -3.80. The minimum absolute atomic E-state index is 0.0362. The van der Waals surface area contributed by atoms with E-state index in [1.54, 1.807) is 16.8 Å². The Kier molecular flexibility index (Phi) is 4.91. The fourth-order valence-corrected chi connectivity index (χ4v) is 3.03. The molecule has 1 heterocycles. The third-order valence-electron chi connectivity index (χ3n) is 4.55. The molecule has 0 aliphatic carbocycles. The molecule has 4 aromatic rings. The molecule has 0 radical (unpaired) electrons. The van der Waals surface area contributed by atoms with Crippen molar-refractivity contribution >= 4 is 11.6 Å². The van der Waals surface area contributed by atoms with Gasteiger partial charge in [-0.2, -0.15) is 0 Å². The molecular formula is C23H19FN4O. The summed E-state index contributed by atoms with van der Waals surface area (Å²) in [6.07, 6.45) is 0. The zero-order valence-corrected chi connectivity index (χ0v) is 16.1. The fourth-order valence-electron chi connectivity index (χ4n) is 3.03. The van der Waals surface area contributed by atoms with Crippen molar-refractivity contribution in [2.45, 2.75) is 13.8 Å². The van der Waals surface area contributed by atoms with Gasteiger partial charge in [-0.05, 0) is 67.4 Å². The summed E-state index contributed by atoms with van der Waals surface area (Å²) in [6.45, 7) is 3.89. The normalized spacial score (nSPS) is 10.7. The van der Waals surface area contributed by atoms with Crippen LogP contribution in [0.2, 0.25) is 0 Å². The molecule has 1 amide bonds. The zero-order valence-electron chi connectivity index (χ0n) is 16.1. The standard InChI is InChI=1S/C23H19FN4O/c1-15-6-5-8-19(14-15)28-22(17-10-12-18(24)13-11-17)26-21(27-28)23(29)25-20-9-4-3-7-16(20)2/h3-14H,1-2H3,(H,25,29). The molecule has 29 heavy (non-hydrogen) atoms. The summed E-state index contributed by atoms with van der Waals surface area (Å²) >= 11 is 0.